The number of hydrogen-bond donors (Lipinski definition) is 1. The third kappa shape index (κ3) is 5.19. The highest BCUT2D eigenvalue weighted by Gasteiger charge is 2.55. The Morgan fingerprint density at radius 2 is 1.76 bits per heavy atom. The van der Waals surface area contributed by atoms with E-state index in [1.54, 1.807) is 29.2 Å². The van der Waals surface area contributed by atoms with Crippen LogP contribution < -0.4 is 10.3 Å². The highest BCUT2D eigenvalue weighted by molar-refractivity contribution is 6.31. The number of benzene rings is 1. The van der Waals surface area contributed by atoms with Gasteiger partial charge in [-0.25, -0.2) is 14.5 Å². The van der Waals surface area contributed by atoms with Crippen molar-refractivity contribution < 1.29 is 37.0 Å². The summed E-state index contributed by atoms with van der Waals surface area (Å²) < 4.78 is 52.8. The van der Waals surface area contributed by atoms with E-state index >= 15 is 0 Å². The van der Waals surface area contributed by atoms with E-state index in [-0.39, 0.29) is 36.6 Å². The van der Waals surface area contributed by atoms with Gasteiger partial charge in [-0.1, -0.05) is 24.3 Å². The molecule has 176 valence electrons. The summed E-state index contributed by atoms with van der Waals surface area (Å²) >= 11 is 0. The molecule has 0 amide bonds. The second-order valence-corrected chi connectivity index (χ2v) is 7.99. The Kier molecular flexibility index (Phi) is 6.15. The van der Waals surface area contributed by atoms with E-state index in [1.165, 1.54) is 18.3 Å². The second kappa shape index (κ2) is 8.89. The average molecular weight is 466 g/mol. The molecule has 3 heterocycles. The molecule has 1 N–H and O–H groups in total. The van der Waals surface area contributed by atoms with Crippen LogP contribution in [0.15, 0.2) is 47.4 Å². The number of halogens is 3. The number of para-hydroxylation sites is 1. The normalized spacial score (nSPS) is 20.5. The van der Waals surface area contributed by atoms with Gasteiger partial charge in [0.2, 0.25) is 0 Å². The molecule has 0 aliphatic carbocycles. The van der Waals surface area contributed by atoms with Crippen LogP contribution in [0, 0.1) is 5.92 Å². The molecular weight excluding hydrogens is 445 g/mol. The zero-order chi connectivity index (χ0) is 23.6. The molecule has 1 unspecified atom stereocenters. The minimum absolute atomic E-state index is 0.0890. The lowest BCUT2D eigenvalue weighted by molar-refractivity contribution is -0.275. The van der Waals surface area contributed by atoms with Crippen molar-refractivity contribution in [2.75, 3.05) is 6.54 Å². The Morgan fingerprint density at radius 1 is 1.06 bits per heavy atom. The largest absolute Gasteiger partial charge is 0.573 e. The van der Waals surface area contributed by atoms with E-state index in [4.69, 9.17) is 9.47 Å². The van der Waals surface area contributed by atoms with Gasteiger partial charge in [-0.3, -0.25) is 4.79 Å². The molecule has 0 bridgehead atoms. The number of ether oxygens (including phenoxy) is 3. The maximum Gasteiger partial charge on any atom is 0.573 e. The first-order chi connectivity index (χ1) is 15.7. The number of nitrogens with one attached hydrogen (secondary N) is 1. The van der Waals surface area contributed by atoms with Crippen molar-refractivity contribution in [1.29, 1.82) is 0 Å². The molecule has 2 fully saturated rings. The standard InChI is InChI=1S/C22H21F3N2O6/c23-22(24,25)31-17-6-2-1-4-15(17)8-7-14-9-11-27(13-16-5-3-10-26-18(16)28)21(12-14)32-19(29)20(30)33-21/h1-6,10,14H,7-9,11-13H2,(H,26,28). The number of esters is 2. The smallest absolute Gasteiger partial charge is 0.406 e. The summed E-state index contributed by atoms with van der Waals surface area (Å²) in [5.74, 6) is -4.27. The zero-order valence-electron chi connectivity index (χ0n) is 17.4. The van der Waals surface area contributed by atoms with Gasteiger partial charge in [-0.15, -0.1) is 13.2 Å². The monoisotopic (exact) mass is 466 g/mol. The number of H-pyrrole nitrogens is 1. The first kappa shape index (κ1) is 22.8. The number of aromatic amines is 1. The number of piperidine rings is 1. The van der Waals surface area contributed by atoms with E-state index < -0.39 is 24.2 Å². The molecule has 11 heteroatoms. The van der Waals surface area contributed by atoms with E-state index in [0.717, 1.165) is 0 Å². The maximum atomic E-state index is 12.7. The van der Waals surface area contributed by atoms with Crippen LogP contribution in [0.4, 0.5) is 13.2 Å². The van der Waals surface area contributed by atoms with Crippen molar-refractivity contribution in [2.24, 2.45) is 5.92 Å². The van der Waals surface area contributed by atoms with Crippen LogP contribution >= 0.6 is 0 Å². The summed E-state index contributed by atoms with van der Waals surface area (Å²) in [5.41, 5.74) is 0.488. The van der Waals surface area contributed by atoms with Gasteiger partial charge >= 0.3 is 24.2 Å². The van der Waals surface area contributed by atoms with Gasteiger partial charge in [-0.2, -0.15) is 0 Å². The Labute approximate surface area is 186 Å². The summed E-state index contributed by atoms with van der Waals surface area (Å²) in [6, 6.07) is 9.17. The van der Waals surface area contributed by atoms with Crippen LogP contribution in [0.5, 0.6) is 5.75 Å². The molecule has 2 saturated heterocycles. The molecule has 0 saturated carbocycles. The number of likely N-dealkylation sites (tertiary alicyclic amines) is 1. The third-order valence-corrected chi connectivity index (χ3v) is 5.79. The van der Waals surface area contributed by atoms with E-state index in [0.29, 0.717) is 30.5 Å². The first-order valence-corrected chi connectivity index (χ1v) is 10.4. The fraction of sp³-hybridized carbons (Fsp3) is 0.409. The number of carbonyl (C=O) groups is 2. The summed E-state index contributed by atoms with van der Waals surface area (Å²) in [7, 11) is 0. The van der Waals surface area contributed by atoms with Crippen molar-refractivity contribution in [1.82, 2.24) is 9.88 Å². The highest BCUT2D eigenvalue weighted by atomic mass is 19.4. The molecule has 8 nitrogen and oxygen atoms in total. The average Bonchev–Trinajstić information content (AvgIpc) is 3.03. The van der Waals surface area contributed by atoms with E-state index in [2.05, 4.69) is 9.72 Å². The fourth-order valence-corrected chi connectivity index (χ4v) is 4.24. The summed E-state index contributed by atoms with van der Waals surface area (Å²) in [5, 5.41) is 0. The van der Waals surface area contributed by atoms with Gasteiger partial charge < -0.3 is 19.2 Å². The topological polar surface area (TPSA) is 97.9 Å². The lowest BCUT2D eigenvalue weighted by Gasteiger charge is -2.43. The van der Waals surface area contributed by atoms with Crippen LogP contribution in [-0.4, -0.2) is 40.6 Å². The molecule has 1 aromatic carbocycles. The number of hydrogen-bond acceptors (Lipinski definition) is 7. The Balaban J connectivity index is 1.49. The SMILES string of the molecule is O=C1OC2(CC(CCc3ccccc3OC(F)(F)F)CCN2Cc2ccc[nH]c2=O)OC1=O. The van der Waals surface area contributed by atoms with Crippen molar-refractivity contribution >= 4 is 11.9 Å². The number of nitrogens with zero attached hydrogens (tertiary/aromatic N) is 1. The van der Waals surface area contributed by atoms with Gasteiger partial charge in [-0.05, 0) is 42.9 Å². The third-order valence-electron chi connectivity index (χ3n) is 5.79. The van der Waals surface area contributed by atoms with Crippen LogP contribution in [0.2, 0.25) is 0 Å². The number of rotatable bonds is 6. The molecular formula is C22H21F3N2O6. The molecule has 33 heavy (non-hydrogen) atoms. The van der Waals surface area contributed by atoms with Crippen molar-refractivity contribution in [3.63, 3.8) is 0 Å². The van der Waals surface area contributed by atoms with Crippen LogP contribution in [-0.2, 0) is 32.0 Å². The van der Waals surface area contributed by atoms with Crippen LogP contribution in [0.25, 0.3) is 0 Å². The predicted octanol–water partition coefficient (Wildman–Crippen LogP) is 2.87. The predicted molar refractivity (Wildman–Crippen MR) is 107 cm³/mol. The molecule has 2 aromatic rings. The Bertz CT molecular complexity index is 1080. The second-order valence-electron chi connectivity index (χ2n) is 7.99. The molecule has 2 aliphatic heterocycles. The van der Waals surface area contributed by atoms with Gasteiger partial charge in [0.05, 0.1) is 0 Å². The van der Waals surface area contributed by atoms with E-state index in [1.807, 2.05) is 0 Å². The van der Waals surface area contributed by atoms with Crippen LogP contribution in [0.1, 0.15) is 30.4 Å². The molecule has 2 aliphatic rings. The van der Waals surface area contributed by atoms with Crippen LogP contribution in [0.3, 0.4) is 0 Å². The zero-order valence-corrected chi connectivity index (χ0v) is 17.4. The molecule has 0 radical (unpaired) electrons. The maximum absolute atomic E-state index is 12.7. The summed E-state index contributed by atoms with van der Waals surface area (Å²) in [6.45, 7) is 0.436. The quantitative estimate of drug-likeness (QED) is 0.517. The number of pyridine rings is 1. The Morgan fingerprint density at radius 3 is 2.45 bits per heavy atom. The van der Waals surface area contributed by atoms with Gasteiger partial charge in [0.25, 0.3) is 5.56 Å². The minimum Gasteiger partial charge on any atom is -0.406 e. The van der Waals surface area contributed by atoms with Crippen molar-refractivity contribution in [3.05, 3.63) is 64.1 Å². The number of carbonyl (C=O) groups excluding carboxylic acids is 2. The number of aromatic nitrogens is 1. The van der Waals surface area contributed by atoms with Gasteiger partial charge in [0.1, 0.15) is 5.75 Å². The minimum atomic E-state index is -4.80. The highest BCUT2D eigenvalue weighted by Crippen LogP contribution is 2.40. The summed E-state index contributed by atoms with van der Waals surface area (Å²) in [6.07, 6.45) is -1.83. The first-order valence-electron chi connectivity index (χ1n) is 10.4. The van der Waals surface area contributed by atoms with Gasteiger partial charge in [0.15, 0.2) is 0 Å². The fourth-order valence-electron chi connectivity index (χ4n) is 4.24. The van der Waals surface area contributed by atoms with Crippen molar-refractivity contribution in [3.8, 4) is 5.75 Å². The molecule has 1 spiro atoms. The van der Waals surface area contributed by atoms with Crippen molar-refractivity contribution in [2.45, 2.75) is 44.5 Å². The summed E-state index contributed by atoms with van der Waals surface area (Å²) in [4.78, 5) is 40.0. The number of alkyl halides is 3. The van der Waals surface area contributed by atoms with Gasteiger partial charge in [0, 0.05) is 31.3 Å². The molecule has 1 atom stereocenters. The lowest BCUT2D eigenvalue weighted by Crippen LogP contribution is -2.55. The Hall–Kier alpha value is -3.34. The number of aryl methyl sites for hydroxylation is 1. The lowest BCUT2D eigenvalue weighted by atomic mass is 9.88. The molecule has 4 rings (SSSR count). The molecule has 1 aromatic heterocycles. The van der Waals surface area contributed by atoms with E-state index in [9.17, 15) is 27.6 Å².